The summed E-state index contributed by atoms with van der Waals surface area (Å²) >= 11 is 0. The SMILES string of the molecule is COC(=O)[C@H](CC(C)C)NC(=O)N1CCc2cc(OC)c(OC)cc2C1c1ccc(OC)c(OC)c1. The quantitative estimate of drug-likeness (QED) is 0.521. The molecule has 1 N–H and O–H groups in total. The van der Waals surface area contributed by atoms with E-state index in [4.69, 9.17) is 23.7 Å². The number of fused-ring (bicyclic) bond motifs is 1. The molecule has 2 amide bonds. The molecule has 0 bridgehead atoms. The normalized spacial score (nSPS) is 15.6. The third-order valence-corrected chi connectivity index (χ3v) is 6.35. The van der Waals surface area contributed by atoms with Gasteiger partial charge in [-0.2, -0.15) is 0 Å². The molecule has 196 valence electrons. The number of rotatable bonds is 9. The Hall–Kier alpha value is -3.62. The van der Waals surface area contributed by atoms with Crippen LogP contribution in [0.3, 0.4) is 0 Å². The fourth-order valence-corrected chi connectivity index (χ4v) is 4.61. The van der Waals surface area contributed by atoms with Gasteiger partial charge in [0.05, 0.1) is 41.6 Å². The van der Waals surface area contributed by atoms with E-state index in [1.54, 1.807) is 33.3 Å². The highest BCUT2D eigenvalue weighted by Gasteiger charge is 2.35. The number of hydrogen-bond donors (Lipinski definition) is 1. The van der Waals surface area contributed by atoms with Crippen LogP contribution in [0.1, 0.15) is 43.0 Å². The number of amides is 2. The van der Waals surface area contributed by atoms with Crippen LogP contribution in [0.4, 0.5) is 4.79 Å². The Labute approximate surface area is 212 Å². The Morgan fingerprint density at radius 3 is 2.11 bits per heavy atom. The number of nitrogens with zero attached hydrogens (tertiary/aromatic N) is 1. The maximum Gasteiger partial charge on any atom is 0.328 e. The summed E-state index contributed by atoms with van der Waals surface area (Å²) in [7, 11) is 7.65. The number of carbonyl (C=O) groups excluding carboxylic acids is 2. The lowest BCUT2D eigenvalue weighted by Gasteiger charge is -2.39. The van der Waals surface area contributed by atoms with Gasteiger partial charge in [-0.25, -0.2) is 9.59 Å². The number of hydrogen-bond acceptors (Lipinski definition) is 7. The number of nitrogens with one attached hydrogen (secondary N) is 1. The molecule has 0 saturated heterocycles. The maximum atomic E-state index is 13.7. The number of benzene rings is 2. The third kappa shape index (κ3) is 5.61. The molecule has 0 aromatic heterocycles. The second-order valence-corrected chi connectivity index (χ2v) is 9.02. The Morgan fingerprint density at radius 1 is 0.917 bits per heavy atom. The highest BCUT2D eigenvalue weighted by atomic mass is 16.5. The van der Waals surface area contributed by atoms with Gasteiger partial charge in [0.15, 0.2) is 23.0 Å². The largest absolute Gasteiger partial charge is 0.493 e. The van der Waals surface area contributed by atoms with Gasteiger partial charge in [-0.1, -0.05) is 19.9 Å². The molecule has 9 nitrogen and oxygen atoms in total. The van der Waals surface area contributed by atoms with Gasteiger partial charge in [0.2, 0.25) is 0 Å². The summed E-state index contributed by atoms with van der Waals surface area (Å²) < 4.78 is 27.0. The van der Waals surface area contributed by atoms with Crippen LogP contribution in [0.15, 0.2) is 30.3 Å². The van der Waals surface area contributed by atoms with Gasteiger partial charge in [0.25, 0.3) is 0 Å². The highest BCUT2D eigenvalue weighted by molar-refractivity contribution is 5.84. The van der Waals surface area contributed by atoms with Crippen LogP contribution in [-0.2, 0) is 16.0 Å². The molecule has 1 heterocycles. The van der Waals surface area contributed by atoms with Crippen LogP contribution in [0, 0.1) is 5.92 Å². The Kier molecular flexibility index (Phi) is 8.90. The van der Waals surface area contributed by atoms with E-state index >= 15 is 0 Å². The van der Waals surface area contributed by atoms with Gasteiger partial charge >= 0.3 is 12.0 Å². The number of methoxy groups -OCH3 is 5. The van der Waals surface area contributed by atoms with Gasteiger partial charge in [-0.05, 0) is 59.7 Å². The molecule has 2 aromatic carbocycles. The molecule has 0 aliphatic carbocycles. The first kappa shape index (κ1) is 27.0. The summed E-state index contributed by atoms with van der Waals surface area (Å²) in [6.45, 7) is 4.42. The number of urea groups is 1. The van der Waals surface area contributed by atoms with Crippen molar-refractivity contribution in [1.29, 1.82) is 0 Å². The standard InChI is InChI=1S/C27H36N2O7/c1-16(2)12-20(26(30)36-7)28-27(31)29-11-10-17-13-23(34-5)24(35-6)15-19(17)25(29)18-8-9-21(32-3)22(14-18)33-4/h8-9,13-16,20,25H,10-12H2,1-7H3,(H,28,31)/t20-,25?/m0/s1. The molecule has 36 heavy (non-hydrogen) atoms. The Balaban J connectivity index is 2.10. The number of carbonyl (C=O) groups is 2. The van der Waals surface area contributed by atoms with Crippen LogP contribution in [0.2, 0.25) is 0 Å². The van der Waals surface area contributed by atoms with E-state index in [1.807, 2.05) is 44.2 Å². The molecule has 0 radical (unpaired) electrons. The predicted octanol–water partition coefficient (Wildman–Crippen LogP) is 3.97. The first-order chi connectivity index (χ1) is 17.3. The summed E-state index contributed by atoms with van der Waals surface area (Å²) in [4.78, 5) is 27.8. The summed E-state index contributed by atoms with van der Waals surface area (Å²) in [5.41, 5.74) is 2.78. The average molecular weight is 501 g/mol. The molecule has 1 aliphatic rings. The van der Waals surface area contributed by atoms with Crippen molar-refractivity contribution in [2.24, 2.45) is 5.92 Å². The van der Waals surface area contributed by atoms with E-state index in [9.17, 15) is 9.59 Å². The number of esters is 1. The van der Waals surface area contributed by atoms with Crippen LogP contribution < -0.4 is 24.3 Å². The molecule has 2 atom stereocenters. The number of ether oxygens (including phenoxy) is 5. The smallest absolute Gasteiger partial charge is 0.328 e. The topological polar surface area (TPSA) is 95.6 Å². The van der Waals surface area contributed by atoms with E-state index in [-0.39, 0.29) is 11.9 Å². The molecule has 1 unspecified atom stereocenters. The van der Waals surface area contributed by atoms with E-state index in [0.717, 1.165) is 16.7 Å². The Bertz CT molecular complexity index is 1090. The van der Waals surface area contributed by atoms with Gasteiger partial charge < -0.3 is 33.9 Å². The van der Waals surface area contributed by atoms with E-state index in [2.05, 4.69) is 5.32 Å². The van der Waals surface area contributed by atoms with Gasteiger partial charge in [-0.15, -0.1) is 0 Å². The van der Waals surface area contributed by atoms with E-state index < -0.39 is 18.1 Å². The fraction of sp³-hybridized carbons (Fsp3) is 0.481. The molecular formula is C27H36N2O7. The Morgan fingerprint density at radius 2 is 1.53 bits per heavy atom. The zero-order valence-corrected chi connectivity index (χ0v) is 22.0. The third-order valence-electron chi connectivity index (χ3n) is 6.35. The lowest BCUT2D eigenvalue weighted by atomic mass is 9.87. The molecule has 0 saturated carbocycles. The molecule has 3 rings (SSSR count). The summed E-state index contributed by atoms with van der Waals surface area (Å²) in [6.07, 6.45) is 1.08. The second-order valence-electron chi connectivity index (χ2n) is 9.02. The van der Waals surface area contributed by atoms with Gasteiger partial charge in [0, 0.05) is 6.54 Å². The summed E-state index contributed by atoms with van der Waals surface area (Å²) in [5.74, 6) is 2.05. The molecule has 9 heteroatoms. The van der Waals surface area contributed by atoms with Gasteiger partial charge in [-0.3, -0.25) is 0 Å². The fourth-order valence-electron chi connectivity index (χ4n) is 4.61. The highest BCUT2D eigenvalue weighted by Crippen LogP contribution is 2.42. The molecular weight excluding hydrogens is 464 g/mol. The molecule has 0 spiro atoms. The van der Waals surface area contributed by atoms with Crippen molar-refractivity contribution in [3.05, 3.63) is 47.0 Å². The molecule has 0 fully saturated rings. The lowest BCUT2D eigenvalue weighted by molar-refractivity contribution is -0.143. The second kappa shape index (κ2) is 11.9. The van der Waals surface area contributed by atoms with E-state index in [1.165, 1.54) is 7.11 Å². The van der Waals surface area contributed by atoms with Crippen molar-refractivity contribution in [2.45, 2.75) is 38.8 Å². The van der Waals surface area contributed by atoms with Crippen molar-refractivity contribution < 1.29 is 33.3 Å². The first-order valence-electron chi connectivity index (χ1n) is 11.9. The molecule has 2 aromatic rings. The average Bonchev–Trinajstić information content (AvgIpc) is 2.89. The minimum Gasteiger partial charge on any atom is -0.493 e. The minimum atomic E-state index is -0.750. The van der Waals surface area contributed by atoms with Crippen LogP contribution in [0.25, 0.3) is 0 Å². The van der Waals surface area contributed by atoms with Crippen molar-refractivity contribution in [1.82, 2.24) is 10.2 Å². The first-order valence-corrected chi connectivity index (χ1v) is 11.9. The summed E-state index contributed by atoms with van der Waals surface area (Å²) in [5, 5.41) is 2.90. The van der Waals surface area contributed by atoms with Crippen molar-refractivity contribution >= 4 is 12.0 Å². The zero-order valence-electron chi connectivity index (χ0n) is 22.0. The monoisotopic (exact) mass is 500 g/mol. The van der Waals surface area contributed by atoms with Crippen LogP contribution in [-0.4, -0.2) is 65.0 Å². The van der Waals surface area contributed by atoms with Crippen molar-refractivity contribution in [2.75, 3.05) is 42.1 Å². The van der Waals surface area contributed by atoms with Gasteiger partial charge in [0.1, 0.15) is 6.04 Å². The van der Waals surface area contributed by atoms with Crippen LogP contribution in [0.5, 0.6) is 23.0 Å². The summed E-state index contributed by atoms with van der Waals surface area (Å²) in [6, 6.07) is 7.87. The van der Waals surface area contributed by atoms with Crippen molar-refractivity contribution in [3.63, 3.8) is 0 Å². The lowest BCUT2D eigenvalue weighted by Crippen LogP contribution is -2.51. The maximum absolute atomic E-state index is 13.7. The van der Waals surface area contributed by atoms with E-state index in [0.29, 0.717) is 42.4 Å². The molecule has 1 aliphatic heterocycles. The zero-order chi connectivity index (χ0) is 26.4. The van der Waals surface area contributed by atoms with Crippen molar-refractivity contribution in [3.8, 4) is 23.0 Å². The predicted molar refractivity (Wildman–Crippen MR) is 135 cm³/mol. The minimum absolute atomic E-state index is 0.190. The van der Waals surface area contributed by atoms with Crippen LogP contribution >= 0.6 is 0 Å².